The molecule has 0 saturated carbocycles. The second-order valence-corrected chi connectivity index (χ2v) is 5.64. The van der Waals surface area contributed by atoms with Crippen molar-refractivity contribution in [1.82, 2.24) is 5.32 Å². The number of benzene rings is 2. The summed E-state index contributed by atoms with van der Waals surface area (Å²) in [6.45, 7) is 3.61. The zero-order chi connectivity index (χ0) is 16.8. The number of aliphatic hydroxyl groups is 1. The van der Waals surface area contributed by atoms with Crippen molar-refractivity contribution in [3.05, 3.63) is 65.5 Å². The molecule has 23 heavy (non-hydrogen) atoms. The smallest absolute Gasteiger partial charge is 0.319 e. The molecule has 2 unspecified atom stereocenters. The lowest BCUT2D eigenvalue weighted by Crippen LogP contribution is -2.37. The summed E-state index contributed by atoms with van der Waals surface area (Å²) in [4.78, 5) is 11.9. The first kappa shape index (κ1) is 17.0. The summed E-state index contributed by atoms with van der Waals surface area (Å²) >= 11 is 0. The van der Waals surface area contributed by atoms with Gasteiger partial charge in [0.05, 0.1) is 11.8 Å². The van der Waals surface area contributed by atoms with Gasteiger partial charge in [-0.1, -0.05) is 36.4 Å². The van der Waals surface area contributed by atoms with Crippen LogP contribution in [0, 0.1) is 12.7 Å². The Balaban J connectivity index is 1.88. The molecule has 2 rings (SSSR count). The first-order chi connectivity index (χ1) is 11.0. The molecule has 122 valence electrons. The topological polar surface area (TPSA) is 61.4 Å². The van der Waals surface area contributed by atoms with Crippen LogP contribution in [-0.4, -0.2) is 17.2 Å². The molecule has 2 amide bonds. The summed E-state index contributed by atoms with van der Waals surface area (Å²) < 4.78 is 13.6. The first-order valence-corrected chi connectivity index (χ1v) is 7.52. The maximum absolute atomic E-state index is 13.6. The van der Waals surface area contributed by atoms with E-state index in [2.05, 4.69) is 10.6 Å². The lowest BCUT2D eigenvalue weighted by molar-refractivity contribution is 0.155. The summed E-state index contributed by atoms with van der Waals surface area (Å²) in [6, 6.07) is 13.0. The van der Waals surface area contributed by atoms with Gasteiger partial charge < -0.3 is 15.7 Å². The number of aryl methyl sites for hydroxylation is 1. The van der Waals surface area contributed by atoms with Gasteiger partial charge in [0.2, 0.25) is 0 Å². The molecule has 0 aliphatic rings. The molecule has 0 heterocycles. The van der Waals surface area contributed by atoms with Gasteiger partial charge >= 0.3 is 6.03 Å². The zero-order valence-corrected chi connectivity index (χ0v) is 13.2. The standard InChI is InChI=1S/C18H21FN2O2/c1-12-8-9-15(19)16(10-12)21-18(23)20-13(2)11-17(22)14-6-4-3-5-7-14/h3-10,13,17,22H,11H2,1-2H3,(H2,20,21,23). The molecule has 0 saturated heterocycles. The molecule has 0 aliphatic heterocycles. The van der Waals surface area contributed by atoms with E-state index in [9.17, 15) is 14.3 Å². The van der Waals surface area contributed by atoms with Crippen molar-refractivity contribution >= 4 is 11.7 Å². The van der Waals surface area contributed by atoms with Gasteiger partial charge in [-0.2, -0.15) is 0 Å². The summed E-state index contributed by atoms with van der Waals surface area (Å²) in [5.41, 5.74) is 1.79. The van der Waals surface area contributed by atoms with Crippen molar-refractivity contribution in [2.75, 3.05) is 5.32 Å². The second-order valence-electron chi connectivity index (χ2n) is 5.64. The average Bonchev–Trinajstić information content (AvgIpc) is 2.51. The third-order valence-corrected chi connectivity index (χ3v) is 3.51. The first-order valence-electron chi connectivity index (χ1n) is 7.52. The predicted molar refractivity (Wildman–Crippen MR) is 88.8 cm³/mol. The Bertz CT molecular complexity index is 661. The fourth-order valence-corrected chi connectivity index (χ4v) is 2.32. The molecule has 2 aromatic rings. The Hall–Kier alpha value is -2.40. The van der Waals surface area contributed by atoms with Gasteiger partial charge in [0.15, 0.2) is 0 Å². The van der Waals surface area contributed by atoms with Gasteiger partial charge in [0.1, 0.15) is 5.82 Å². The molecular formula is C18H21FN2O2. The third-order valence-electron chi connectivity index (χ3n) is 3.51. The van der Waals surface area contributed by atoms with Crippen molar-refractivity contribution in [3.63, 3.8) is 0 Å². The van der Waals surface area contributed by atoms with Crippen molar-refractivity contribution in [2.45, 2.75) is 32.4 Å². The van der Waals surface area contributed by atoms with Gasteiger partial charge in [-0.15, -0.1) is 0 Å². The van der Waals surface area contributed by atoms with Crippen molar-refractivity contribution in [3.8, 4) is 0 Å². The van der Waals surface area contributed by atoms with Crippen LogP contribution in [0.2, 0.25) is 0 Å². The fourth-order valence-electron chi connectivity index (χ4n) is 2.32. The summed E-state index contributed by atoms with van der Waals surface area (Å²) in [5.74, 6) is -0.484. The van der Waals surface area contributed by atoms with Crippen LogP contribution >= 0.6 is 0 Å². The number of amides is 2. The monoisotopic (exact) mass is 316 g/mol. The number of rotatable bonds is 5. The largest absolute Gasteiger partial charge is 0.388 e. The molecule has 0 aromatic heterocycles. The number of hydrogen-bond donors (Lipinski definition) is 3. The maximum atomic E-state index is 13.6. The van der Waals surface area contributed by atoms with E-state index >= 15 is 0 Å². The SMILES string of the molecule is Cc1ccc(F)c(NC(=O)NC(C)CC(O)c2ccccc2)c1. The Labute approximate surface area is 135 Å². The van der Waals surface area contributed by atoms with E-state index in [-0.39, 0.29) is 11.7 Å². The van der Waals surface area contributed by atoms with Crippen molar-refractivity contribution in [2.24, 2.45) is 0 Å². The van der Waals surface area contributed by atoms with Crippen LogP contribution in [0.3, 0.4) is 0 Å². The van der Waals surface area contributed by atoms with Gasteiger partial charge in [-0.05, 0) is 43.5 Å². The number of carbonyl (C=O) groups excluding carboxylic acids is 1. The molecule has 0 spiro atoms. The maximum Gasteiger partial charge on any atom is 0.319 e. The minimum Gasteiger partial charge on any atom is -0.388 e. The molecule has 3 N–H and O–H groups in total. The van der Waals surface area contributed by atoms with Crippen LogP contribution in [0.15, 0.2) is 48.5 Å². The van der Waals surface area contributed by atoms with E-state index in [1.54, 1.807) is 19.1 Å². The highest BCUT2D eigenvalue weighted by molar-refractivity contribution is 5.89. The van der Waals surface area contributed by atoms with E-state index < -0.39 is 18.0 Å². The predicted octanol–water partition coefficient (Wildman–Crippen LogP) is 3.77. The Morgan fingerprint density at radius 2 is 1.91 bits per heavy atom. The highest BCUT2D eigenvalue weighted by atomic mass is 19.1. The number of carbonyl (C=O) groups is 1. The average molecular weight is 316 g/mol. The number of anilines is 1. The number of aliphatic hydroxyl groups excluding tert-OH is 1. The van der Waals surface area contributed by atoms with Crippen molar-refractivity contribution < 1.29 is 14.3 Å². The van der Waals surface area contributed by atoms with E-state index in [4.69, 9.17) is 0 Å². The number of nitrogens with one attached hydrogen (secondary N) is 2. The fraction of sp³-hybridized carbons (Fsp3) is 0.278. The highest BCUT2D eigenvalue weighted by Gasteiger charge is 2.15. The molecule has 0 fully saturated rings. The molecule has 0 radical (unpaired) electrons. The summed E-state index contributed by atoms with van der Waals surface area (Å²) in [5, 5.41) is 15.3. The Morgan fingerprint density at radius 3 is 2.61 bits per heavy atom. The Kier molecular flexibility index (Phi) is 5.71. The lowest BCUT2D eigenvalue weighted by Gasteiger charge is -2.18. The minimum atomic E-state index is -0.665. The molecule has 5 heteroatoms. The zero-order valence-electron chi connectivity index (χ0n) is 13.2. The van der Waals surface area contributed by atoms with E-state index in [1.807, 2.05) is 37.3 Å². The number of hydrogen-bond acceptors (Lipinski definition) is 2. The van der Waals surface area contributed by atoms with E-state index in [0.29, 0.717) is 6.42 Å². The van der Waals surface area contributed by atoms with Crippen LogP contribution < -0.4 is 10.6 Å². The van der Waals surface area contributed by atoms with Crippen LogP contribution in [0.25, 0.3) is 0 Å². The van der Waals surface area contributed by atoms with Gasteiger partial charge in [0, 0.05) is 6.04 Å². The van der Waals surface area contributed by atoms with Crippen LogP contribution in [-0.2, 0) is 0 Å². The number of halogens is 1. The highest BCUT2D eigenvalue weighted by Crippen LogP contribution is 2.18. The van der Waals surface area contributed by atoms with Crippen LogP contribution in [0.5, 0.6) is 0 Å². The van der Waals surface area contributed by atoms with Crippen LogP contribution in [0.4, 0.5) is 14.9 Å². The quantitative estimate of drug-likeness (QED) is 0.786. The normalized spacial score (nSPS) is 13.2. The summed E-state index contributed by atoms with van der Waals surface area (Å²) in [7, 11) is 0. The van der Waals surface area contributed by atoms with E-state index in [1.165, 1.54) is 6.07 Å². The molecule has 2 atom stereocenters. The molecule has 0 bridgehead atoms. The lowest BCUT2D eigenvalue weighted by atomic mass is 10.0. The molecule has 4 nitrogen and oxygen atoms in total. The van der Waals surface area contributed by atoms with Gasteiger partial charge in [-0.25, -0.2) is 9.18 Å². The van der Waals surface area contributed by atoms with E-state index in [0.717, 1.165) is 11.1 Å². The minimum absolute atomic E-state index is 0.137. The number of urea groups is 1. The molecular weight excluding hydrogens is 295 g/mol. The Morgan fingerprint density at radius 1 is 1.22 bits per heavy atom. The summed E-state index contributed by atoms with van der Waals surface area (Å²) in [6.07, 6.45) is -0.296. The van der Waals surface area contributed by atoms with Gasteiger partial charge in [0.25, 0.3) is 0 Å². The van der Waals surface area contributed by atoms with Crippen LogP contribution in [0.1, 0.15) is 30.6 Å². The molecule has 2 aromatic carbocycles. The second kappa shape index (κ2) is 7.74. The molecule has 0 aliphatic carbocycles. The van der Waals surface area contributed by atoms with Gasteiger partial charge in [-0.3, -0.25) is 0 Å². The van der Waals surface area contributed by atoms with Crippen molar-refractivity contribution in [1.29, 1.82) is 0 Å². The third kappa shape index (κ3) is 5.07.